The van der Waals surface area contributed by atoms with E-state index < -0.39 is 0 Å². The fraction of sp³-hybridized carbons (Fsp3) is 0.533. The maximum Gasteiger partial charge on any atom is 0.255 e. The van der Waals surface area contributed by atoms with Gasteiger partial charge in [0.25, 0.3) is 5.91 Å². The van der Waals surface area contributed by atoms with Gasteiger partial charge in [0.2, 0.25) is 0 Å². The van der Waals surface area contributed by atoms with E-state index in [-0.39, 0.29) is 11.9 Å². The summed E-state index contributed by atoms with van der Waals surface area (Å²) in [6, 6.07) is 7.27. The van der Waals surface area contributed by atoms with Crippen molar-refractivity contribution in [3.63, 3.8) is 0 Å². The first-order valence-electron chi connectivity index (χ1n) is 6.98. The highest BCUT2D eigenvalue weighted by atomic mass is 16.5. The molecule has 1 aromatic carbocycles. The second kappa shape index (κ2) is 9.34. The predicted octanol–water partition coefficient (Wildman–Crippen LogP) is 1.57. The van der Waals surface area contributed by atoms with Crippen molar-refractivity contribution in [2.45, 2.75) is 26.3 Å². The molecule has 0 spiro atoms. The number of nitrogens with two attached hydrogens (primary N) is 1. The molecule has 0 aliphatic carbocycles. The molecule has 3 N–H and O–H groups in total. The lowest BCUT2D eigenvalue weighted by Crippen LogP contribution is -2.29. The first-order valence-corrected chi connectivity index (χ1v) is 6.98. The van der Waals surface area contributed by atoms with Crippen LogP contribution in [0.15, 0.2) is 24.3 Å². The second-order valence-electron chi connectivity index (χ2n) is 4.56. The Kier molecular flexibility index (Phi) is 7.69. The van der Waals surface area contributed by atoms with Crippen molar-refractivity contribution in [3.8, 4) is 5.75 Å². The van der Waals surface area contributed by atoms with Crippen LogP contribution in [0.4, 0.5) is 0 Å². The quantitative estimate of drug-likeness (QED) is 0.673. The number of hydrogen-bond donors (Lipinski definition) is 2. The van der Waals surface area contributed by atoms with Gasteiger partial charge in [-0.3, -0.25) is 4.79 Å². The molecule has 0 saturated carbocycles. The fourth-order valence-electron chi connectivity index (χ4n) is 1.64. The summed E-state index contributed by atoms with van der Waals surface area (Å²) in [7, 11) is 0. The van der Waals surface area contributed by atoms with E-state index in [1.807, 2.05) is 26.0 Å². The lowest BCUT2D eigenvalue weighted by atomic mass is 10.2. The molecule has 1 unspecified atom stereocenters. The Bertz CT molecular complexity index is 408. The third-order valence-electron chi connectivity index (χ3n) is 2.71. The molecule has 1 amide bonds. The Morgan fingerprint density at radius 3 is 2.80 bits per heavy atom. The Balaban J connectivity index is 2.53. The van der Waals surface area contributed by atoms with E-state index in [0.717, 1.165) is 6.42 Å². The summed E-state index contributed by atoms with van der Waals surface area (Å²) in [4.78, 5) is 12.1. The molecule has 0 bridgehead atoms. The standard InChI is InChI=1S/C15H24N2O3/c1-3-19-10-11-20-14-7-5-4-6-13(14)15(18)17-9-8-12(2)16/h4-7,12H,3,8-11,16H2,1-2H3,(H,17,18). The molecule has 1 atom stereocenters. The Morgan fingerprint density at radius 1 is 1.35 bits per heavy atom. The summed E-state index contributed by atoms with van der Waals surface area (Å²) >= 11 is 0. The summed E-state index contributed by atoms with van der Waals surface area (Å²) in [6.07, 6.45) is 0.749. The third-order valence-corrected chi connectivity index (χ3v) is 2.71. The number of carbonyl (C=O) groups excluding carboxylic acids is 1. The normalized spacial score (nSPS) is 11.9. The van der Waals surface area contributed by atoms with Crippen LogP contribution in [-0.2, 0) is 4.74 Å². The minimum Gasteiger partial charge on any atom is -0.490 e. The Labute approximate surface area is 120 Å². The van der Waals surface area contributed by atoms with Crippen LogP contribution in [0.5, 0.6) is 5.75 Å². The van der Waals surface area contributed by atoms with Crippen molar-refractivity contribution in [2.75, 3.05) is 26.4 Å². The van der Waals surface area contributed by atoms with E-state index in [4.69, 9.17) is 15.2 Å². The van der Waals surface area contributed by atoms with Crippen LogP contribution in [0.1, 0.15) is 30.6 Å². The van der Waals surface area contributed by atoms with Crippen LogP contribution in [0.2, 0.25) is 0 Å². The average molecular weight is 280 g/mol. The van der Waals surface area contributed by atoms with E-state index >= 15 is 0 Å². The highest BCUT2D eigenvalue weighted by Gasteiger charge is 2.11. The molecule has 1 rings (SSSR count). The molecule has 112 valence electrons. The van der Waals surface area contributed by atoms with Crippen molar-refractivity contribution in [3.05, 3.63) is 29.8 Å². The second-order valence-corrected chi connectivity index (χ2v) is 4.56. The molecular weight excluding hydrogens is 256 g/mol. The smallest absolute Gasteiger partial charge is 0.255 e. The van der Waals surface area contributed by atoms with E-state index in [1.54, 1.807) is 12.1 Å². The van der Waals surface area contributed by atoms with E-state index in [9.17, 15) is 4.79 Å². The van der Waals surface area contributed by atoms with Crippen LogP contribution >= 0.6 is 0 Å². The largest absolute Gasteiger partial charge is 0.490 e. The molecule has 0 aromatic heterocycles. The minimum atomic E-state index is -0.141. The fourth-order valence-corrected chi connectivity index (χ4v) is 1.64. The molecule has 0 aliphatic heterocycles. The van der Waals surface area contributed by atoms with Gasteiger partial charge in [-0.2, -0.15) is 0 Å². The summed E-state index contributed by atoms with van der Waals surface area (Å²) in [5.41, 5.74) is 6.19. The monoisotopic (exact) mass is 280 g/mol. The van der Waals surface area contributed by atoms with E-state index in [1.165, 1.54) is 0 Å². The van der Waals surface area contributed by atoms with Crippen LogP contribution in [0.25, 0.3) is 0 Å². The van der Waals surface area contributed by atoms with Crippen molar-refractivity contribution in [2.24, 2.45) is 5.73 Å². The van der Waals surface area contributed by atoms with Gasteiger partial charge in [0.15, 0.2) is 0 Å². The molecule has 5 nitrogen and oxygen atoms in total. The van der Waals surface area contributed by atoms with Crippen molar-refractivity contribution < 1.29 is 14.3 Å². The Hall–Kier alpha value is -1.59. The van der Waals surface area contributed by atoms with Gasteiger partial charge in [0, 0.05) is 19.2 Å². The first kappa shape index (κ1) is 16.5. The highest BCUT2D eigenvalue weighted by molar-refractivity contribution is 5.96. The van der Waals surface area contributed by atoms with Gasteiger partial charge in [-0.1, -0.05) is 12.1 Å². The van der Waals surface area contributed by atoms with Gasteiger partial charge in [0.1, 0.15) is 12.4 Å². The summed E-state index contributed by atoms with van der Waals surface area (Å²) in [5, 5.41) is 2.84. The number of ether oxygens (including phenoxy) is 2. The molecule has 0 saturated heterocycles. The lowest BCUT2D eigenvalue weighted by Gasteiger charge is -2.12. The zero-order valence-corrected chi connectivity index (χ0v) is 12.2. The molecular formula is C15H24N2O3. The molecule has 5 heteroatoms. The van der Waals surface area contributed by atoms with Gasteiger partial charge in [-0.25, -0.2) is 0 Å². The molecule has 0 aliphatic rings. The molecule has 20 heavy (non-hydrogen) atoms. The first-order chi connectivity index (χ1) is 9.65. The molecule has 0 heterocycles. The number of hydrogen-bond acceptors (Lipinski definition) is 4. The SMILES string of the molecule is CCOCCOc1ccccc1C(=O)NCCC(C)N. The van der Waals surface area contributed by atoms with Crippen molar-refractivity contribution in [1.29, 1.82) is 0 Å². The summed E-state index contributed by atoms with van der Waals surface area (Å²) in [6.45, 7) is 6.00. The van der Waals surface area contributed by atoms with Gasteiger partial charge in [-0.15, -0.1) is 0 Å². The number of nitrogens with one attached hydrogen (secondary N) is 1. The van der Waals surface area contributed by atoms with Crippen LogP contribution in [-0.4, -0.2) is 38.3 Å². The van der Waals surface area contributed by atoms with E-state index in [2.05, 4.69) is 5.32 Å². The number of benzene rings is 1. The third kappa shape index (κ3) is 6.04. The number of rotatable bonds is 9. The van der Waals surface area contributed by atoms with Gasteiger partial charge >= 0.3 is 0 Å². The average Bonchev–Trinajstić information content (AvgIpc) is 2.43. The van der Waals surface area contributed by atoms with Crippen LogP contribution < -0.4 is 15.8 Å². The summed E-state index contributed by atoms with van der Waals surface area (Å²) in [5.74, 6) is 0.433. The predicted molar refractivity (Wildman–Crippen MR) is 79.0 cm³/mol. The molecule has 1 aromatic rings. The zero-order valence-electron chi connectivity index (χ0n) is 12.2. The zero-order chi connectivity index (χ0) is 14.8. The van der Waals surface area contributed by atoms with E-state index in [0.29, 0.717) is 37.7 Å². The summed E-state index contributed by atoms with van der Waals surface area (Å²) < 4.78 is 10.8. The van der Waals surface area contributed by atoms with Gasteiger partial charge in [0.05, 0.1) is 12.2 Å². The van der Waals surface area contributed by atoms with Crippen molar-refractivity contribution >= 4 is 5.91 Å². The molecule has 0 radical (unpaired) electrons. The van der Waals surface area contributed by atoms with Crippen LogP contribution in [0, 0.1) is 0 Å². The maximum absolute atomic E-state index is 12.1. The number of amides is 1. The minimum absolute atomic E-state index is 0.0768. The molecule has 0 fully saturated rings. The maximum atomic E-state index is 12.1. The highest BCUT2D eigenvalue weighted by Crippen LogP contribution is 2.17. The topological polar surface area (TPSA) is 73.6 Å². The van der Waals surface area contributed by atoms with Crippen molar-refractivity contribution in [1.82, 2.24) is 5.32 Å². The van der Waals surface area contributed by atoms with Crippen LogP contribution in [0.3, 0.4) is 0 Å². The number of carbonyl (C=O) groups is 1. The Morgan fingerprint density at radius 2 is 2.10 bits per heavy atom. The lowest BCUT2D eigenvalue weighted by molar-refractivity contribution is 0.0935. The van der Waals surface area contributed by atoms with Gasteiger partial charge in [-0.05, 0) is 32.4 Å². The number of para-hydroxylation sites is 1. The van der Waals surface area contributed by atoms with Gasteiger partial charge < -0.3 is 20.5 Å².